The summed E-state index contributed by atoms with van der Waals surface area (Å²) in [6.45, 7) is 0.330. The van der Waals surface area contributed by atoms with Crippen LogP contribution < -0.4 is 16.6 Å². The maximum absolute atomic E-state index is 11.9. The van der Waals surface area contributed by atoms with Crippen molar-refractivity contribution in [2.45, 2.75) is 6.54 Å². The molecule has 2 rings (SSSR count). The van der Waals surface area contributed by atoms with Crippen LogP contribution in [-0.4, -0.2) is 20.4 Å². The minimum absolute atomic E-state index is 0.277. The molecule has 1 amide bonds. The van der Waals surface area contributed by atoms with Crippen LogP contribution in [0.25, 0.3) is 0 Å². The molecule has 0 atom stereocenters. The van der Waals surface area contributed by atoms with E-state index in [2.05, 4.69) is 20.7 Å². The second-order valence-corrected chi connectivity index (χ2v) is 4.24. The number of aromatic nitrogens is 3. The van der Waals surface area contributed by atoms with E-state index in [1.54, 1.807) is 6.20 Å². The number of aryl methyl sites for hydroxylation is 1. The van der Waals surface area contributed by atoms with Crippen molar-refractivity contribution in [3.63, 3.8) is 0 Å². The van der Waals surface area contributed by atoms with E-state index in [1.807, 2.05) is 17.8 Å². The molecule has 2 heterocycles. The van der Waals surface area contributed by atoms with Gasteiger partial charge in [-0.1, -0.05) is 11.6 Å². The number of amides is 1. The molecule has 0 radical (unpaired) electrons. The summed E-state index contributed by atoms with van der Waals surface area (Å²) in [4.78, 5) is 19.9. The van der Waals surface area contributed by atoms with E-state index < -0.39 is 0 Å². The molecule has 7 nitrogen and oxygen atoms in total. The number of anilines is 1. The first-order valence-electron chi connectivity index (χ1n) is 5.48. The zero-order chi connectivity index (χ0) is 13.8. The molecule has 0 aliphatic rings. The van der Waals surface area contributed by atoms with Gasteiger partial charge in [0.05, 0.1) is 17.1 Å². The van der Waals surface area contributed by atoms with E-state index in [9.17, 15) is 4.79 Å². The number of hydrazine groups is 1. The Morgan fingerprint density at radius 2 is 2.32 bits per heavy atom. The van der Waals surface area contributed by atoms with Gasteiger partial charge in [-0.05, 0) is 6.07 Å². The van der Waals surface area contributed by atoms with Crippen LogP contribution in [0.4, 0.5) is 5.82 Å². The minimum Gasteiger partial charge on any atom is -0.345 e. The van der Waals surface area contributed by atoms with Crippen molar-refractivity contribution in [3.05, 3.63) is 41.1 Å². The Hall–Kier alpha value is -2.12. The van der Waals surface area contributed by atoms with E-state index in [0.717, 1.165) is 5.82 Å². The second kappa shape index (κ2) is 5.68. The summed E-state index contributed by atoms with van der Waals surface area (Å²) in [5.41, 5.74) is 2.69. The fourth-order valence-corrected chi connectivity index (χ4v) is 1.72. The predicted octanol–water partition coefficient (Wildman–Crippen LogP) is 0.684. The van der Waals surface area contributed by atoms with Crippen LogP contribution in [-0.2, 0) is 13.6 Å². The van der Waals surface area contributed by atoms with Gasteiger partial charge in [-0.25, -0.2) is 15.8 Å². The molecule has 2 aromatic heterocycles. The molecule has 0 aliphatic heterocycles. The lowest BCUT2D eigenvalue weighted by atomic mass is 10.2. The highest BCUT2D eigenvalue weighted by atomic mass is 35.5. The first-order chi connectivity index (χ1) is 9.11. The van der Waals surface area contributed by atoms with Gasteiger partial charge in [-0.3, -0.25) is 4.79 Å². The predicted molar refractivity (Wildman–Crippen MR) is 71.4 cm³/mol. The third kappa shape index (κ3) is 3.01. The zero-order valence-electron chi connectivity index (χ0n) is 10.2. The molecule has 2 aromatic rings. The number of nitrogens with zero attached hydrogens (tertiary/aromatic N) is 3. The first-order valence-corrected chi connectivity index (χ1v) is 5.86. The number of nitrogen functional groups attached to an aromatic ring is 1. The average Bonchev–Trinajstić information content (AvgIpc) is 2.81. The largest absolute Gasteiger partial charge is 0.345 e. The smallest absolute Gasteiger partial charge is 0.253 e. The normalized spacial score (nSPS) is 10.3. The highest BCUT2D eigenvalue weighted by Gasteiger charge is 2.10. The monoisotopic (exact) mass is 280 g/mol. The highest BCUT2D eigenvalue weighted by Crippen LogP contribution is 2.18. The van der Waals surface area contributed by atoms with Crippen molar-refractivity contribution in [2.24, 2.45) is 12.9 Å². The van der Waals surface area contributed by atoms with Gasteiger partial charge < -0.3 is 15.3 Å². The number of carbonyl (C=O) groups is 1. The molecule has 0 fully saturated rings. The van der Waals surface area contributed by atoms with Crippen LogP contribution in [0.5, 0.6) is 0 Å². The zero-order valence-corrected chi connectivity index (χ0v) is 11.0. The Kier molecular flexibility index (Phi) is 3.98. The average molecular weight is 281 g/mol. The molecule has 0 unspecified atom stereocenters. The van der Waals surface area contributed by atoms with Gasteiger partial charge in [-0.2, -0.15) is 0 Å². The van der Waals surface area contributed by atoms with Crippen LogP contribution in [0, 0.1) is 0 Å². The Labute approximate surface area is 114 Å². The van der Waals surface area contributed by atoms with Crippen LogP contribution in [0.2, 0.25) is 5.02 Å². The fraction of sp³-hybridized carbons (Fsp3) is 0.182. The summed E-state index contributed by atoms with van der Waals surface area (Å²) in [6.07, 6.45) is 4.87. The summed E-state index contributed by atoms with van der Waals surface area (Å²) in [6, 6.07) is 1.50. The maximum Gasteiger partial charge on any atom is 0.253 e. The molecule has 8 heteroatoms. The number of rotatable bonds is 4. The molecule has 0 spiro atoms. The van der Waals surface area contributed by atoms with Crippen molar-refractivity contribution < 1.29 is 4.79 Å². The van der Waals surface area contributed by atoms with E-state index in [0.29, 0.717) is 17.9 Å². The summed E-state index contributed by atoms with van der Waals surface area (Å²) >= 11 is 5.90. The quantitative estimate of drug-likeness (QED) is 0.565. The lowest BCUT2D eigenvalue weighted by Gasteiger charge is -2.07. The van der Waals surface area contributed by atoms with E-state index in [1.165, 1.54) is 12.3 Å². The van der Waals surface area contributed by atoms with E-state index in [-0.39, 0.29) is 10.9 Å². The maximum atomic E-state index is 11.9. The Balaban J connectivity index is 2.04. The first kappa shape index (κ1) is 13.3. The summed E-state index contributed by atoms with van der Waals surface area (Å²) in [5.74, 6) is 6.01. The van der Waals surface area contributed by atoms with Crippen LogP contribution in [0.15, 0.2) is 24.7 Å². The van der Waals surface area contributed by atoms with Crippen molar-refractivity contribution in [1.82, 2.24) is 19.9 Å². The number of pyridine rings is 1. The van der Waals surface area contributed by atoms with Gasteiger partial charge in [-0.15, -0.1) is 0 Å². The Morgan fingerprint density at radius 3 is 2.89 bits per heavy atom. The van der Waals surface area contributed by atoms with Gasteiger partial charge in [0.25, 0.3) is 5.91 Å². The third-order valence-corrected chi connectivity index (χ3v) is 2.86. The SMILES string of the molecule is Cn1ccnc1CNC(=O)c1cnc(NN)c(Cl)c1. The highest BCUT2D eigenvalue weighted by molar-refractivity contribution is 6.33. The van der Waals surface area contributed by atoms with Gasteiger partial charge in [0.1, 0.15) is 5.82 Å². The molecule has 4 N–H and O–H groups in total. The van der Waals surface area contributed by atoms with Gasteiger partial charge in [0, 0.05) is 25.6 Å². The topological polar surface area (TPSA) is 97.9 Å². The lowest BCUT2D eigenvalue weighted by Crippen LogP contribution is -2.24. The van der Waals surface area contributed by atoms with Crippen molar-refractivity contribution in [3.8, 4) is 0 Å². The second-order valence-electron chi connectivity index (χ2n) is 3.84. The lowest BCUT2D eigenvalue weighted by molar-refractivity contribution is 0.0949. The van der Waals surface area contributed by atoms with Crippen LogP contribution >= 0.6 is 11.6 Å². The molecule has 0 aliphatic carbocycles. The third-order valence-electron chi connectivity index (χ3n) is 2.57. The number of hydrogen-bond donors (Lipinski definition) is 3. The van der Waals surface area contributed by atoms with Crippen molar-refractivity contribution >= 4 is 23.3 Å². The van der Waals surface area contributed by atoms with E-state index >= 15 is 0 Å². The van der Waals surface area contributed by atoms with Gasteiger partial charge in [0.15, 0.2) is 5.82 Å². The van der Waals surface area contributed by atoms with Gasteiger partial charge in [0.2, 0.25) is 0 Å². The number of nitrogens with one attached hydrogen (secondary N) is 2. The Bertz CT molecular complexity index is 597. The molecular formula is C11H13ClN6O. The number of imidazole rings is 1. The fourth-order valence-electron chi connectivity index (χ4n) is 1.50. The molecule has 0 saturated heterocycles. The minimum atomic E-state index is -0.277. The van der Waals surface area contributed by atoms with Crippen LogP contribution in [0.3, 0.4) is 0 Å². The number of hydrogen-bond acceptors (Lipinski definition) is 5. The van der Waals surface area contributed by atoms with Crippen molar-refractivity contribution in [1.29, 1.82) is 0 Å². The number of carbonyl (C=O) groups excluding carboxylic acids is 1. The molecule has 0 bridgehead atoms. The van der Waals surface area contributed by atoms with Crippen molar-refractivity contribution in [2.75, 3.05) is 5.43 Å². The summed E-state index contributed by atoms with van der Waals surface area (Å²) in [7, 11) is 1.86. The van der Waals surface area contributed by atoms with Gasteiger partial charge >= 0.3 is 0 Å². The Morgan fingerprint density at radius 1 is 1.53 bits per heavy atom. The van der Waals surface area contributed by atoms with Crippen LogP contribution in [0.1, 0.15) is 16.2 Å². The van der Waals surface area contributed by atoms with E-state index in [4.69, 9.17) is 17.4 Å². The molecular weight excluding hydrogens is 268 g/mol. The summed E-state index contributed by atoms with van der Waals surface area (Å²) in [5, 5.41) is 3.02. The summed E-state index contributed by atoms with van der Waals surface area (Å²) < 4.78 is 1.83. The number of nitrogens with two attached hydrogens (primary N) is 1. The standard InChI is InChI=1S/C11H13ClN6O/c1-18-3-2-14-9(18)6-16-11(19)7-4-8(12)10(17-13)15-5-7/h2-5H,6,13H2,1H3,(H,15,17)(H,16,19). The number of halogens is 1. The molecule has 0 saturated carbocycles. The molecule has 19 heavy (non-hydrogen) atoms. The molecule has 0 aromatic carbocycles. The molecule has 100 valence electrons.